The maximum absolute atomic E-state index is 12.4. The molecule has 9 heteroatoms. The number of nitrogens with one attached hydrogen (secondary N) is 2. The fourth-order valence-corrected chi connectivity index (χ4v) is 3.45. The molecule has 0 spiro atoms. The summed E-state index contributed by atoms with van der Waals surface area (Å²) in [5.74, 6) is 0.344. The van der Waals surface area contributed by atoms with E-state index in [-0.39, 0.29) is 29.5 Å². The van der Waals surface area contributed by atoms with E-state index in [1.807, 2.05) is 12.1 Å². The number of imidazole rings is 1. The molecule has 0 radical (unpaired) electrons. The summed E-state index contributed by atoms with van der Waals surface area (Å²) in [4.78, 5) is 20.7. The average molecular weight is 397 g/mol. The molecule has 0 saturated heterocycles. The van der Waals surface area contributed by atoms with Crippen molar-refractivity contribution in [2.75, 3.05) is 6.54 Å². The molecule has 0 aliphatic rings. The third-order valence-corrected chi connectivity index (χ3v) is 5.28. The summed E-state index contributed by atoms with van der Waals surface area (Å²) >= 11 is 0. The summed E-state index contributed by atoms with van der Waals surface area (Å²) in [6.45, 7) is 3.85. The Morgan fingerprint density at radius 1 is 1.25 bits per heavy atom. The van der Waals surface area contributed by atoms with E-state index in [4.69, 9.17) is 0 Å². The number of pyridine rings is 1. The van der Waals surface area contributed by atoms with E-state index < -0.39 is 10.0 Å². The van der Waals surface area contributed by atoms with Crippen LogP contribution in [0.2, 0.25) is 0 Å². The number of hydrogen-bond donors (Lipinski definition) is 2. The minimum absolute atomic E-state index is 0.0216. The van der Waals surface area contributed by atoms with Crippen molar-refractivity contribution in [1.82, 2.24) is 24.6 Å². The summed E-state index contributed by atoms with van der Waals surface area (Å²) in [6, 6.07) is 9.52. The minimum Gasteiger partial charge on any atom is -0.348 e. The van der Waals surface area contributed by atoms with Crippen molar-refractivity contribution in [2.45, 2.75) is 11.4 Å². The largest absolute Gasteiger partial charge is 0.348 e. The van der Waals surface area contributed by atoms with E-state index in [1.165, 1.54) is 24.3 Å². The maximum Gasteiger partial charge on any atom is 0.251 e. The normalized spacial score (nSPS) is 11.1. The highest BCUT2D eigenvalue weighted by Gasteiger charge is 2.15. The zero-order valence-corrected chi connectivity index (χ0v) is 15.8. The summed E-state index contributed by atoms with van der Waals surface area (Å²) in [5, 5.41) is 2.76. The first-order valence-electron chi connectivity index (χ1n) is 8.42. The smallest absolute Gasteiger partial charge is 0.251 e. The third kappa shape index (κ3) is 4.70. The lowest BCUT2D eigenvalue weighted by molar-refractivity contribution is 0.0950. The van der Waals surface area contributed by atoms with E-state index in [9.17, 15) is 13.2 Å². The van der Waals surface area contributed by atoms with Gasteiger partial charge in [-0.3, -0.25) is 9.36 Å². The molecule has 0 saturated carbocycles. The van der Waals surface area contributed by atoms with E-state index in [2.05, 4.69) is 26.6 Å². The van der Waals surface area contributed by atoms with Crippen LogP contribution in [0.5, 0.6) is 0 Å². The van der Waals surface area contributed by atoms with Crippen LogP contribution >= 0.6 is 0 Å². The maximum atomic E-state index is 12.4. The Bertz CT molecular complexity index is 1060. The number of aromatic nitrogens is 3. The van der Waals surface area contributed by atoms with Gasteiger partial charge in [-0.25, -0.2) is 23.1 Å². The molecule has 144 valence electrons. The van der Waals surface area contributed by atoms with Crippen LogP contribution in [0.1, 0.15) is 15.9 Å². The molecule has 2 aromatic heterocycles. The van der Waals surface area contributed by atoms with Gasteiger partial charge >= 0.3 is 0 Å². The van der Waals surface area contributed by atoms with Crippen LogP contribution in [0.15, 0.2) is 78.9 Å². The van der Waals surface area contributed by atoms with Crippen molar-refractivity contribution in [3.05, 3.63) is 85.1 Å². The average Bonchev–Trinajstić information content (AvgIpc) is 3.26. The lowest BCUT2D eigenvalue weighted by Crippen LogP contribution is -2.25. The van der Waals surface area contributed by atoms with Gasteiger partial charge in [0.25, 0.3) is 5.91 Å². The van der Waals surface area contributed by atoms with Gasteiger partial charge in [-0.2, -0.15) is 0 Å². The fourth-order valence-electron chi connectivity index (χ4n) is 2.41. The molecule has 3 aromatic rings. The molecule has 0 aliphatic heterocycles. The lowest BCUT2D eigenvalue weighted by atomic mass is 10.2. The van der Waals surface area contributed by atoms with Gasteiger partial charge in [0, 0.05) is 37.2 Å². The van der Waals surface area contributed by atoms with Crippen LogP contribution < -0.4 is 10.0 Å². The zero-order chi connectivity index (χ0) is 20.0. The number of amides is 1. The third-order valence-electron chi connectivity index (χ3n) is 3.86. The number of benzene rings is 1. The molecule has 0 fully saturated rings. The van der Waals surface area contributed by atoms with Gasteiger partial charge < -0.3 is 5.32 Å². The predicted octanol–water partition coefficient (Wildman–Crippen LogP) is 1.66. The second kappa shape index (κ2) is 8.59. The summed E-state index contributed by atoms with van der Waals surface area (Å²) in [6.07, 6.45) is 8.20. The zero-order valence-electron chi connectivity index (χ0n) is 14.9. The number of hydrogen-bond acceptors (Lipinski definition) is 5. The van der Waals surface area contributed by atoms with Crippen LogP contribution in [0, 0.1) is 0 Å². The fraction of sp³-hybridized carbons (Fsp3) is 0.105. The number of rotatable bonds is 8. The van der Waals surface area contributed by atoms with E-state index in [0.29, 0.717) is 0 Å². The first kappa shape index (κ1) is 19.5. The van der Waals surface area contributed by atoms with Gasteiger partial charge in [0.15, 0.2) is 0 Å². The molecular weight excluding hydrogens is 378 g/mol. The molecule has 0 aliphatic carbocycles. The van der Waals surface area contributed by atoms with Crippen LogP contribution in [-0.4, -0.2) is 35.4 Å². The van der Waals surface area contributed by atoms with Crippen LogP contribution in [0.3, 0.4) is 0 Å². The quantitative estimate of drug-likeness (QED) is 0.563. The van der Waals surface area contributed by atoms with Crippen molar-refractivity contribution in [3.8, 4) is 5.82 Å². The molecule has 8 nitrogen and oxygen atoms in total. The van der Waals surface area contributed by atoms with Crippen molar-refractivity contribution < 1.29 is 13.2 Å². The Hall–Kier alpha value is -3.30. The molecule has 0 unspecified atom stereocenters. The van der Waals surface area contributed by atoms with Crippen LogP contribution in [-0.2, 0) is 16.6 Å². The molecular formula is C19H19N5O3S. The highest BCUT2D eigenvalue weighted by Crippen LogP contribution is 2.12. The van der Waals surface area contributed by atoms with Crippen LogP contribution in [0.4, 0.5) is 0 Å². The highest BCUT2D eigenvalue weighted by molar-refractivity contribution is 7.89. The van der Waals surface area contributed by atoms with Gasteiger partial charge in [0.1, 0.15) is 12.1 Å². The Kier molecular flexibility index (Phi) is 5.97. The van der Waals surface area contributed by atoms with Gasteiger partial charge in [-0.1, -0.05) is 18.2 Å². The van der Waals surface area contributed by atoms with Crippen molar-refractivity contribution in [2.24, 2.45) is 0 Å². The van der Waals surface area contributed by atoms with Gasteiger partial charge in [0.05, 0.1) is 4.90 Å². The lowest BCUT2D eigenvalue weighted by Gasteiger charge is -2.09. The summed E-state index contributed by atoms with van der Waals surface area (Å²) in [5.41, 5.74) is 1.07. The summed E-state index contributed by atoms with van der Waals surface area (Å²) < 4.78 is 28.5. The molecule has 3 rings (SSSR count). The number of nitrogens with zero attached hydrogens (tertiary/aromatic N) is 3. The SMILES string of the molecule is C=CCNS(=O)(=O)c1cccc(C(=O)NCc2ccc(-n3ccnc3)nc2)c1. The molecule has 0 bridgehead atoms. The molecule has 2 heterocycles. The monoisotopic (exact) mass is 397 g/mol. The second-order valence-electron chi connectivity index (χ2n) is 5.85. The van der Waals surface area contributed by atoms with Gasteiger partial charge in [-0.15, -0.1) is 6.58 Å². The number of sulfonamides is 1. The van der Waals surface area contributed by atoms with E-state index in [0.717, 1.165) is 11.4 Å². The Labute approximate surface area is 163 Å². The molecule has 28 heavy (non-hydrogen) atoms. The first-order valence-corrected chi connectivity index (χ1v) is 9.90. The highest BCUT2D eigenvalue weighted by atomic mass is 32.2. The van der Waals surface area contributed by atoms with E-state index >= 15 is 0 Å². The minimum atomic E-state index is -3.69. The molecule has 2 N–H and O–H groups in total. The van der Waals surface area contributed by atoms with Gasteiger partial charge in [0.2, 0.25) is 10.0 Å². The van der Waals surface area contributed by atoms with E-state index in [1.54, 1.807) is 35.6 Å². The topological polar surface area (TPSA) is 106 Å². The molecule has 1 aromatic carbocycles. The van der Waals surface area contributed by atoms with Gasteiger partial charge in [-0.05, 0) is 29.8 Å². The van der Waals surface area contributed by atoms with Crippen LogP contribution in [0.25, 0.3) is 5.82 Å². The number of carbonyl (C=O) groups excluding carboxylic acids is 1. The van der Waals surface area contributed by atoms with Crippen molar-refractivity contribution in [1.29, 1.82) is 0 Å². The first-order chi connectivity index (χ1) is 13.5. The van der Waals surface area contributed by atoms with Crippen molar-refractivity contribution in [3.63, 3.8) is 0 Å². The second-order valence-corrected chi connectivity index (χ2v) is 7.61. The Morgan fingerprint density at radius 2 is 2.11 bits per heavy atom. The number of carbonyl (C=O) groups is 1. The Morgan fingerprint density at radius 3 is 2.79 bits per heavy atom. The predicted molar refractivity (Wildman–Crippen MR) is 104 cm³/mol. The molecule has 1 amide bonds. The Balaban J connectivity index is 1.65. The molecule has 0 atom stereocenters. The standard InChI is InChI=1S/C19H19N5O3S/c1-2-8-23-28(26,27)17-5-3-4-16(11-17)19(25)22-13-15-6-7-18(21-12-15)24-10-9-20-14-24/h2-7,9-12,14,23H,1,8,13H2,(H,22,25). The summed E-state index contributed by atoms with van der Waals surface area (Å²) in [7, 11) is -3.69. The van der Waals surface area contributed by atoms with Crippen molar-refractivity contribution >= 4 is 15.9 Å².